The standard InChI is InChI=1S/C8H16N2O2/c1-10-5-7(6-10)3-9-4-8(11)12-2/h7,9H,3-6H2,1-2H3. The van der Waals surface area contributed by atoms with Gasteiger partial charge < -0.3 is 15.0 Å². The molecule has 0 bridgehead atoms. The highest BCUT2D eigenvalue weighted by Gasteiger charge is 2.22. The summed E-state index contributed by atoms with van der Waals surface area (Å²) >= 11 is 0. The molecule has 70 valence electrons. The highest BCUT2D eigenvalue weighted by Crippen LogP contribution is 2.10. The van der Waals surface area contributed by atoms with E-state index in [4.69, 9.17) is 0 Å². The number of methoxy groups -OCH3 is 1. The van der Waals surface area contributed by atoms with Crippen molar-refractivity contribution in [3.05, 3.63) is 0 Å². The molecule has 0 amide bonds. The van der Waals surface area contributed by atoms with Gasteiger partial charge in [-0.1, -0.05) is 0 Å². The Morgan fingerprint density at radius 1 is 1.67 bits per heavy atom. The highest BCUT2D eigenvalue weighted by atomic mass is 16.5. The Hall–Kier alpha value is -0.610. The van der Waals surface area contributed by atoms with E-state index >= 15 is 0 Å². The zero-order valence-corrected chi connectivity index (χ0v) is 7.67. The molecule has 4 nitrogen and oxygen atoms in total. The summed E-state index contributed by atoms with van der Waals surface area (Å²) in [5.41, 5.74) is 0. The van der Waals surface area contributed by atoms with Crippen molar-refractivity contribution in [2.24, 2.45) is 5.92 Å². The molecule has 1 aliphatic heterocycles. The van der Waals surface area contributed by atoms with Crippen molar-refractivity contribution in [2.75, 3.05) is 40.3 Å². The van der Waals surface area contributed by atoms with Crippen LogP contribution in [0.5, 0.6) is 0 Å². The Morgan fingerprint density at radius 2 is 2.33 bits per heavy atom. The molecule has 0 spiro atoms. The predicted molar refractivity (Wildman–Crippen MR) is 45.9 cm³/mol. The summed E-state index contributed by atoms with van der Waals surface area (Å²) < 4.78 is 4.49. The zero-order valence-electron chi connectivity index (χ0n) is 7.67. The number of carbonyl (C=O) groups is 1. The van der Waals surface area contributed by atoms with Crippen LogP contribution < -0.4 is 5.32 Å². The van der Waals surface area contributed by atoms with Crippen LogP contribution in [0.25, 0.3) is 0 Å². The van der Waals surface area contributed by atoms with E-state index in [1.807, 2.05) is 0 Å². The summed E-state index contributed by atoms with van der Waals surface area (Å²) in [6.07, 6.45) is 0. The first-order chi connectivity index (χ1) is 5.72. The molecular formula is C8H16N2O2. The van der Waals surface area contributed by atoms with Gasteiger partial charge in [0.1, 0.15) is 0 Å². The van der Waals surface area contributed by atoms with Gasteiger partial charge in [0.05, 0.1) is 13.7 Å². The van der Waals surface area contributed by atoms with Crippen LogP contribution in [-0.2, 0) is 9.53 Å². The molecule has 1 saturated heterocycles. The van der Waals surface area contributed by atoms with Gasteiger partial charge in [0.25, 0.3) is 0 Å². The lowest BCUT2D eigenvalue weighted by Crippen LogP contribution is -2.48. The summed E-state index contributed by atoms with van der Waals surface area (Å²) in [5.74, 6) is 0.516. The molecule has 0 unspecified atom stereocenters. The molecule has 4 heteroatoms. The second-order valence-electron chi connectivity index (χ2n) is 3.29. The van der Waals surface area contributed by atoms with Crippen LogP contribution in [-0.4, -0.2) is 51.2 Å². The Kier molecular flexibility index (Phi) is 3.49. The maximum absolute atomic E-state index is 10.7. The fraction of sp³-hybridized carbons (Fsp3) is 0.875. The Balaban J connectivity index is 1.93. The minimum Gasteiger partial charge on any atom is -0.468 e. The molecule has 1 N–H and O–H groups in total. The summed E-state index contributed by atoms with van der Waals surface area (Å²) in [6.45, 7) is 3.51. The molecule has 0 saturated carbocycles. The number of likely N-dealkylation sites (tertiary alicyclic amines) is 1. The van der Waals surface area contributed by atoms with Gasteiger partial charge >= 0.3 is 5.97 Å². The summed E-state index contributed by atoms with van der Waals surface area (Å²) in [4.78, 5) is 12.9. The van der Waals surface area contributed by atoms with Crippen LogP contribution in [0, 0.1) is 5.92 Å². The van der Waals surface area contributed by atoms with E-state index in [1.54, 1.807) is 0 Å². The molecule has 0 atom stereocenters. The van der Waals surface area contributed by atoms with Crippen LogP contribution in [0.1, 0.15) is 0 Å². The normalized spacial score (nSPS) is 18.8. The number of hydrogen-bond donors (Lipinski definition) is 1. The lowest BCUT2D eigenvalue weighted by atomic mass is 10.0. The molecule has 0 aromatic heterocycles. The van der Waals surface area contributed by atoms with E-state index in [9.17, 15) is 4.79 Å². The van der Waals surface area contributed by atoms with Gasteiger partial charge in [-0.25, -0.2) is 0 Å². The Bertz CT molecular complexity index is 155. The first-order valence-corrected chi connectivity index (χ1v) is 4.18. The molecule has 1 fully saturated rings. The average Bonchev–Trinajstić information content (AvgIpc) is 2.01. The van der Waals surface area contributed by atoms with E-state index in [1.165, 1.54) is 7.11 Å². The van der Waals surface area contributed by atoms with Crippen LogP contribution in [0.2, 0.25) is 0 Å². The van der Waals surface area contributed by atoms with E-state index < -0.39 is 0 Å². The number of ether oxygens (including phenoxy) is 1. The van der Waals surface area contributed by atoms with Crippen molar-refractivity contribution in [1.82, 2.24) is 10.2 Å². The summed E-state index contributed by atoms with van der Waals surface area (Å²) in [5, 5.41) is 3.06. The first kappa shape index (κ1) is 9.48. The molecule has 0 aromatic carbocycles. The second-order valence-corrected chi connectivity index (χ2v) is 3.29. The van der Waals surface area contributed by atoms with Crippen molar-refractivity contribution >= 4 is 5.97 Å². The van der Waals surface area contributed by atoms with Crippen LogP contribution in [0.3, 0.4) is 0 Å². The third-order valence-electron chi connectivity index (χ3n) is 2.07. The van der Waals surface area contributed by atoms with Crippen molar-refractivity contribution in [3.8, 4) is 0 Å². The SMILES string of the molecule is COC(=O)CNCC1CN(C)C1. The van der Waals surface area contributed by atoms with Crippen molar-refractivity contribution < 1.29 is 9.53 Å². The van der Waals surface area contributed by atoms with Gasteiger partial charge in [-0.2, -0.15) is 0 Å². The lowest BCUT2D eigenvalue weighted by Gasteiger charge is -2.36. The zero-order chi connectivity index (χ0) is 8.97. The molecule has 0 aromatic rings. The molecule has 1 heterocycles. The molecule has 0 aliphatic carbocycles. The largest absolute Gasteiger partial charge is 0.468 e. The third-order valence-corrected chi connectivity index (χ3v) is 2.07. The smallest absolute Gasteiger partial charge is 0.319 e. The fourth-order valence-corrected chi connectivity index (χ4v) is 1.41. The minimum absolute atomic E-state index is 0.192. The van der Waals surface area contributed by atoms with Gasteiger partial charge in [-0.05, 0) is 13.0 Å². The van der Waals surface area contributed by atoms with E-state index in [-0.39, 0.29) is 5.97 Å². The van der Waals surface area contributed by atoms with Crippen LogP contribution in [0.15, 0.2) is 0 Å². The number of nitrogens with one attached hydrogen (secondary N) is 1. The minimum atomic E-state index is -0.192. The molecule has 0 radical (unpaired) electrons. The van der Waals surface area contributed by atoms with Gasteiger partial charge in [-0.15, -0.1) is 0 Å². The van der Waals surface area contributed by atoms with Crippen molar-refractivity contribution in [2.45, 2.75) is 0 Å². The second kappa shape index (κ2) is 4.42. The predicted octanol–water partition coefficient (Wildman–Crippen LogP) is -0.689. The molecule has 1 aliphatic rings. The Labute approximate surface area is 72.9 Å². The van der Waals surface area contributed by atoms with E-state index in [2.05, 4.69) is 22.0 Å². The number of nitrogens with zero attached hydrogens (tertiary/aromatic N) is 1. The summed E-state index contributed by atoms with van der Waals surface area (Å²) in [6, 6.07) is 0. The summed E-state index contributed by atoms with van der Waals surface area (Å²) in [7, 11) is 3.50. The van der Waals surface area contributed by atoms with Crippen LogP contribution in [0.4, 0.5) is 0 Å². The van der Waals surface area contributed by atoms with Gasteiger partial charge in [0.2, 0.25) is 0 Å². The van der Waals surface area contributed by atoms with Crippen molar-refractivity contribution in [1.29, 1.82) is 0 Å². The highest BCUT2D eigenvalue weighted by molar-refractivity contribution is 5.71. The van der Waals surface area contributed by atoms with Crippen LogP contribution >= 0.6 is 0 Å². The number of esters is 1. The molecule has 12 heavy (non-hydrogen) atoms. The maximum Gasteiger partial charge on any atom is 0.319 e. The van der Waals surface area contributed by atoms with E-state index in [0.717, 1.165) is 19.6 Å². The van der Waals surface area contributed by atoms with Gasteiger partial charge in [0, 0.05) is 19.6 Å². The molecule has 1 rings (SSSR count). The van der Waals surface area contributed by atoms with E-state index in [0.29, 0.717) is 12.5 Å². The average molecular weight is 172 g/mol. The topological polar surface area (TPSA) is 41.6 Å². The molecular weight excluding hydrogens is 156 g/mol. The number of rotatable bonds is 4. The third kappa shape index (κ3) is 2.79. The fourth-order valence-electron chi connectivity index (χ4n) is 1.41. The monoisotopic (exact) mass is 172 g/mol. The number of carbonyl (C=O) groups excluding carboxylic acids is 1. The lowest BCUT2D eigenvalue weighted by molar-refractivity contribution is -0.139. The first-order valence-electron chi connectivity index (χ1n) is 4.18. The quantitative estimate of drug-likeness (QED) is 0.570. The van der Waals surface area contributed by atoms with Gasteiger partial charge in [-0.3, -0.25) is 4.79 Å². The van der Waals surface area contributed by atoms with Gasteiger partial charge in [0.15, 0.2) is 0 Å². The maximum atomic E-state index is 10.7. The van der Waals surface area contributed by atoms with Crippen molar-refractivity contribution in [3.63, 3.8) is 0 Å². The Morgan fingerprint density at radius 3 is 2.83 bits per heavy atom. The number of hydrogen-bond acceptors (Lipinski definition) is 4.